The molecule has 0 bridgehead atoms. The van der Waals surface area contributed by atoms with E-state index in [1.807, 2.05) is 70.2 Å². The SMILES string of the molecule is C[C@H](CO)[C@H](NC1(c2ccccc2)c2ccccc2-c2ccccc21)C(=O)OC(C)(C)C. The molecule has 32 heavy (non-hydrogen) atoms. The maximum absolute atomic E-state index is 13.3. The van der Waals surface area contributed by atoms with E-state index >= 15 is 0 Å². The standard InChI is InChI=1S/C28H31NO3/c1-19(18-30)25(26(31)32-27(2,3)4)29-28(20-12-6-5-7-13-20)23-16-10-8-14-21(23)22-15-9-11-17-24(22)28/h5-17,19,25,29-30H,18H2,1-4H3/t19-,25+/m1/s1. The summed E-state index contributed by atoms with van der Waals surface area (Å²) >= 11 is 0. The first kappa shape index (κ1) is 22.3. The van der Waals surface area contributed by atoms with E-state index in [1.54, 1.807) is 0 Å². The number of hydrogen-bond donors (Lipinski definition) is 2. The third-order valence-electron chi connectivity index (χ3n) is 6.05. The highest BCUT2D eigenvalue weighted by molar-refractivity contribution is 5.84. The van der Waals surface area contributed by atoms with Crippen LogP contribution in [0, 0.1) is 5.92 Å². The molecule has 3 aromatic carbocycles. The van der Waals surface area contributed by atoms with E-state index in [1.165, 1.54) is 0 Å². The lowest BCUT2D eigenvalue weighted by atomic mass is 9.79. The number of hydrogen-bond acceptors (Lipinski definition) is 4. The van der Waals surface area contributed by atoms with E-state index < -0.39 is 17.2 Å². The van der Waals surface area contributed by atoms with Crippen LogP contribution in [-0.4, -0.2) is 29.3 Å². The molecule has 0 heterocycles. The van der Waals surface area contributed by atoms with Gasteiger partial charge in [-0.2, -0.15) is 0 Å². The number of benzene rings is 3. The Morgan fingerprint density at radius 3 is 1.91 bits per heavy atom. The molecule has 4 nitrogen and oxygen atoms in total. The molecule has 1 aliphatic rings. The second kappa shape index (κ2) is 8.53. The maximum Gasteiger partial charge on any atom is 0.324 e. The lowest BCUT2D eigenvalue weighted by Crippen LogP contribution is -2.55. The van der Waals surface area contributed by atoms with Gasteiger partial charge in [-0.15, -0.1) is 0 Å². The highest BCUT2D eigenvalue weighted by atomic mass is 16.6. The Kier molecular flexibility index (Phi) is 5.93. The van der Waals surface area contributed by atoms with Crippen LogP contribution < -0.4 is 5.32 Å². The first-order chi connectivity index (χ1) is 15.3. The van der Waals surface area contributed by atoms with Gasteiger partial charge < -0.3 is 9.84 Å². The Morgan fingerprint density at radius 2 is 1.41 bits per heavy atom. The molecule has 4 heteroatoms. The van der Waals surface area contributed by atoms with Crippen molar-refractivity contribution in [1.82, 2.24) is 5.32 Å². The number of nitrogens with one attached hydrogen (secondary N) is 1. The minimum atomic E-state index is -0.751. The molecule has 0 saturated heterocycles. The molecule has 0 aliphatic heterocycles. The summed E-state index contributed by atoms with van der Waals surface area (Å²) in [4.78, 5) is 13.3. The molecule has 166 valence electrons. The van der Waals surface area contributed by atoms with Crippen LogP contribution in [0.4, 0.5) is 0 Å². The zero-order valence-electron chi connectivity index (χ0n) is 19.1. The van der Waals surface area contributed by atoms with E-state index in [4.69, 9.17) is 4.74 Å². The highest BCUT2D eigenvalue weighted by Gasteiger charge is 2.47. The van der Waals surface area contributed by atoms with Crippen LogP contribution in [0.1, 0.15) is 44.4 Å². The normalized spacial score (nSPS) is 16.0. The Hall–Kier alpha value is -2.95. The van der Waals surface area contributed by atoms with Gasteiger partial charge in [-0.05, 0) is 48.6 Å². The lowest BCUT2D eigenvalue weighted by Gasteiger charge is -2.39. The minimum Gasteiger partial charge on any atom is -0.459 e. The average Bonchev–Trinajstić information content (AvgIpc) is 3.07. The van der Waals surface area contributed by atoms with Gasteiger partial charge in [-0.1, -0.05) is 85.8 Å². The summed E-state index contributed by atoms with van der Waals surface area (Å²) < 4.78 is 5.78. The molecule has 0 unspecified atom stereocenters. The molecule has 0 radical (unpaired) electrons. The summed E-state index contributed by atoms with van der Waals surface area (Å²) in [5, 5.41) is 13.7. The van der Waals surface area contributed by atoms with Crippen molar-refractivity contribution in [2.75, 3.05) is 6.61 Å². The van der Waals surface area contributed by atoms with E-state index in [0.717, 1.165) is 27.8 Å². The van der Waals surface area contributed by atoms with Gasteiger partial charge in [-0.3, -0.25) is 10.1 Å². The summed E-state index contributed by atoms with van der Waals surface area (Å²) in [6.07, 6.45) is 0. The summed E-state index contributed by atoms with van der Waals surface area (Å²) in [6.45, 7) is 7.31. The Balaban J connectivity index is 1.94. The van der Waals surface area contributed by atoms with Gasteiger partial charge >= 0.3 is 5.97 Å². The number of ether oxygens (including phenoxy) is 1. The van der Waals surface area contributed by atoms with Crippen LogP contribution in [0.2, 0.25) is 0 Å². The van der Waals surface area contributed by atoms with Gasteiger partial charge in [0.1, 0.15) is 11.6 Å². The van der Waals surface area contributed by atoms with Crippen molar-refractivity contribution >= 4 is 5.97 Å². The van der Waals surface area contributed by atoms with Gasteiger partial charge in [0.2, 0.25) is 0 Å². The monoisotopic (exact) mass is 429 g/mol. The quantitative estimate of drug-likeness (QED) is 0.548. The molecule has 0 aromatic heterocycles. The molecule has 2 atom stereocenters. The van der Waals surface area contributed by atoms with E-state index in [0.29, 0.717) is 0 Å². The molecule has 1 aliphatic carbocycles. The molecule has 0 fully saturated rings. The number of aliphatic hydroxyl groups is 1. The third-order valence-corrected chi connectivity index (χ3v) is 6.05. The van der Waals surface area contributed by atoms with Crippen molar-refractivity contribution in [3.63, 3.8) is 0 Å². The second-order valence-corrected chi connectivity index (χ2v) is 9.52. The van der Waals surface area contributed by atoms with Gasteiger partial charge in [0.25, 0.3) is 0 Å². The number of esters is 1. The predicted octanol–water partition coefficient (Wildman–Crippen LogP) is 4.89. The lowest BCUT2D eigenvalue weighted by molar-refractivity contribution is -0.159. The summed E-state index contributed by atoms with van der Waals surface area (Å²) in [5.41, 5.74) is 4.11. The van der Waals surface area contributed by atoms with Gasteiger partial charge in [0.05, 0.1) is 5.54 Å². The van der Waals surface area contributed by atoms with Gasteiger partial charge in [0.15, 0.2) is 0 Å². The largest absolute Gasteiger partial charge is 0.459 e. The Bertz CT molecular complexity index is 1060. The van der Waals surface area contributed by atoms with Crippen molar-refractivity contribution in [3.05, 3.63) is 95.6 Å². The minimum absolute atomic E-state index is 0.134. The Labute approximate surface area is 190 Å². The summed E-state index contributed by atoms with van der Waals surface area (Å²) in [7, 11) is 0. The molecule has 2 N–H and O–H groups in total. The average molecular weight is 430 g/mol. The number of aliphatic hydroxyl groups excluding tert-OH is 1. The van der Waals surface area contributed by atoms with Crippen molar-refractivity contribution in [2.24, 2.45) is 5.92 Å². The molecule has 3 aromatic rings. The van der Waals surface area contributed by atoms with Gasteiger partial charge in [-0.25, -0.2) is 0 Å². The Morgan fingerprint density at radius 1 is 0.906 bits per heavy atom. The summed E-state index contributed by atoms with van der Waals surface area (Å²) in [6, 6.07) is 26.1. The molecule has 0 saturated carbocycles. The second-order valence-electron chi connectivity index (χ2n) is 9.52. The molecule has 0 spiro atoms. The van der Waals surface area contributed by atoms with E-state index in [9.17, 15) is 9.90 Å². The van der Waals surface area contributed by atoms with E-state index in [-0.39, 0.29) is 18.5 Å². The maximum atomic E-state index is 13.3. The molecular weight excluding hydrogens is 398 g/mol. The van der Waals surface area contributed by atoms with Crippen molar-refractivity contribution in [3.8, 4) is 11.1 Å². The van der Waals surface area contributed by atoms with Crippen LogP contribution in [0.15, 0.2) is 78.9 Å². The fourth-order valence-corrected chi connectivity index (χ4v) is 4.61. The first-order valence-corrected chi connectivity index (χ1v) is 11.1. The van der Waals surface area contributed by atoms with Crippen LogP contribution in [0.3, 0.4) is 0 Å². The number of fused-ring (bicyclic) bond motifs is 3. The van der Waals surface area contributed by atoms with Crippen LogP contribution in [0.25, 0.3) is 11.1 Å². The predicted molar refractivity (Wildman–Crippen MR) is 127 cm³/mol. The summed E-state index contributed by atoms with van der Waals surface area (Å²) in [5.74, 6) is -0.707. The fraction of sp³-hybridized carbons (Fsp3) is 0.321. The molecule has 4 rings (SSSR count). The topological polar surface area (TPSA) is 58.6 Å². The first-order valence-electron chi connectivity index (χ1n) is 11.1. The number of carbonyl (C=O) groups excluding carboxylic acids is 1. The zero-order valence-corrected chi connectivity index (χ0v) is 19.1. The van der Waals surface area contributed by atoms with Crippen molar-refractivity contribution in [1.29, 1.82) is 0 Å². The fourth-order valence-electron chi connectivity index (χ4n) is 4.61. The zero-order chi connectivity index (χ0) is 22.9. The van der Waals surface area contributed by atoms with Crippen LogP contribution >= 0.6 is 0 Å². The smallest absolute Gasteiger partial charge is 0.324 e. The van der Waals surface area contributed by atoms with Crippen LogP contribution in [0.5, 0.6) is 0 Å². The van der Waals surface area contributed by atoms with Crippen molar-refractivity contribution in [2.45, 2.75) is 44.9 Å². The number of rotatable bonds is 6. The number of carbonyl (C=O) groups is 1. The van der Waals surface area contributed by atoms with Crippen LogP contribution in [-0.2, 0) is 15.1 Å². The third kappa shape index (κ3) is 3.85. The van der Waals surface area contributed by atoms with E-state index in [2.05, 4.69) is 41.7 Å². The van der Waals surface area contributed by atoms with Crippen molar-refractivity contribution < 1.29 is 14.6 Å². The molecular formula is C28H31NO3. The molecule has 0 amide bonds. The van der Waals surface area contributed by atoms with Gasteiger partial charge in [0, 0.05) is 12.5 Å². The highest BCUT2D eigenvalue weighted by Crippen LogP contribution is 2.51.